The van der Waals surface area contributed by atoms with Crippen molar-refractivity contribution in [2.45, 2.75) is 13.8 Å². The van der Waals surface area contributed by atoms with Gasteiger partial charge in [0.1, 0.15) is 11.5 Å². The van der Waals surface area contributed by atoms with Crippen molar-refractivity contribution in [1.82, 2.24) is 0 Å². The van der Waals surface area contributed by atoms with E-state index in [0.717, 1.165) is 43.8 Å². The molecule has 34 heavy (non-hydrogen) atoms. The van der Waals surface area contributed by atoms with Crippen LogP contribution in [0.4, 0.5) is 0 Å². The molecule has 162 valence electrons. The van der Waals surface area contributed by atoms with Crippen LogP contribution in [0, 0.1) is 49.4 Å². The molecule has 2 nitrogen and oxygen atoms in total. The molecule has 4 aromatic rings. The van der Waals surface area contributed by atoms with Crippen molar-refractivity contribution in [2.24, 2.45) is 0 Å². The van der Waals surface area contributed by atoms with Crippen molar-refractivity contribution in [3.05, 3.63) is 70.8 Å². The van der Waals surface area contributed by atoms with E-state index in [-0.39, 0.29) is 0 Å². The summed E-state index contributed by atoms with van der Waals surface area (Å²) < 4.78 is 12.2. The first kappa shape index (κ1) is 22.4. The van der Waals surface area contributed by atoms with Crippen LogP contribution in [0.15, 0.2) is 48.5 Å². The average molecular weight is 439 g/mol. The standard InChI is InChI=1S/C32H22O2/c1-7-21-13-15-25-27(17-21)23(9-3)19-29(33-11-5)31(25)32-26-16-14-22(8-2)18-28(26)24(10-4)20-30(32)34-12-6/h1-4,13-20H,11-12H2,5-6H3. The molecule has 0 atom stereocenters. The summed E-state index contributed by atoms with van der Waals surface area (Å²) in [6.07, 6.45) is 23.1. The van der Waals surface area contributed by atoms with Crippen LogP contribution in [-0.4, -0.2) is 13.2 Å². The molecule has 0 aliphatic carbocycles. The van der Waals surface area contributed by atoms with Gasteiger partial charge in [-0.2, -0.15) is 0 Å². The summed E-state index contributed by atoms with van der Waals surface area (Å²) in [5.41, 5.74) is 4.63. The summed E-state index contributed by atoms with van der Waals surface area (Å²) in [5.74, 6) is 12.3. The molecule has 0 heterocycles. The fourth-order valence-corrected chi connectivity index (χ4v) is 4.27. The monoisotopic (exact) mass is 438 g/mol. The molecule has 0 fully saturated rings. The van der Waals surface area contributed by atoms with Crippen LogP contribution < -0.4 is 9.47 Å². The first-order chi connectivity index (χ1) is 16.6. The summed E-state index contributed by atoms with van der Waals surface area (Å²) in [4.78, 5) is 0. The zero-order valence-corrected chi connectivity index (χ0v) is 19.2. The second-order valence-electron chi connectivity index (χ2n) is 7.56. The Kier molecular flexibility index (Phi) is 6.20. The predicted molar refractivity (Wildman–Crippen MR) is 141 cm³/mol. The van der Waals surface area contributed by atoms with Crippen LogP contribution in [0.3, 0.4) is 0 Å². The second kappa shape index (κ2) is 9.39. The highest BCUT2D eigenvalue weighted by Gasteiger charge is 2.22. The lowest BCUT2D eigenvalue weighted by Gasteiger charge is -2.21. The van der Waals surface area contributed by atoms with Crippen LogP contribution in [0.1, 0.15) is 36.1 Å². The molecule has 0 amide bonds. The Morgan fingerprint density at radius 2 is 0.971 bits per heavy atom. The fourth-order valence-electron chi connectivity index (χ4n) is 4.27. The summed E-state index contributed by atoms with van der Waals surface area (Å²) in [5, 5.41) is 3.56. The lowest BCUT2D eigenvalue weighted by Crippen LogP contribution is -2.01. The molecule has 4 rings (SSSR count). The summed E-state index contributed by atoms with van der Waals surface area (Å²) in [6, 6.07) is 15.4. The number of terminal acetylenes is 4. The number of hydrogen-bond acceptors (Lipinski definition) is 2. The molecule has 0 radical (unpaired) electrons. The number of rotatable bonds is 5. The predicted octanol–water partition coefficient (Wildman–Crippen LogP) is 6.38. The van der Waals surface area contributed by atoms with Crippen LogP contribution >= 0.6 is 0 Å². The van der Waals surface area contributed by atoms with E-state index in [9.17, 15) is 0 Å². The van der Waals surface area contributed by atoms with Crippen molar-refractivity contribution in [3.63, 3.8) is 0 Å². The minimum absolute atomic E-state index is 0.469. The molecule has 0 saturated heterocycles. The molecule has 0 aromatic heterocycles. The molecular weight excluding hydrogens is 416 g/mol. The van der Waals surface area contributed by atoms with Crippen LogP contribution in [0.2, 0.25) is 0 Å². The summed E-state index contributed by atoms with van der Waals surface area (Å²) >= 11 is 0. The number of benzene rings is 4. The summed E-state index contributed by atoms with van der Waals surface area (Å²) in [7, 11) is 0. The molecule has 0 N–H and O–H groups in total. The lowest BCUT2D eigenvalue weighted by atomic mass is 9.88. The third-order valence-electron chi connectivity index (χ3n) is 5.70. The molecular formula is C32H22O2. The molecule has 0 aliphatic rings. The van der Waals surface area contributed by atoms with Gasteiger partial charge in [-0.05, 0) is 71.8 Å². The van der Waals surface area contributed by atoms with E-state index >= 15 is 0 Å². The normalized spacial score (nSPS) is 10.2. The minimum Gasteiger partial charge on any atom is -0.493 e. The smallest absolute Gasteiger partial charge is 0.129 e. The van der Waals surface area contributed by atoms with E-state index in [1.165, 1.54) is 0 Å². The van der Waals surface area contributed by atoms with Gasteiger partial charge in [0.25, 0.3) is 0 Å². The lowest BCUT2D eigenvalue weighted by molar-refractivity contribution is 0.337. The van der Waals surface area contributed by atoms with E-state index in [1.807, 2.05) is 62.4 Å². The highest BCUT2D eigenvalue weighted by molar-refractivity contribution is 6.12. The Hall–Kier alpha value is -4.76. The van der Waals surface area contributed by atoms with Crippen molar-refractivity contribution in [3.8, 4) is 72.0 Å². The maximum atomic E-state index is 6.12. The topological polar surface area (TPSA) is 18.5 Å². The molecule has 0 aliphatic heterocycles. The van der Waals surface area contributed by atoms with Crippen molar-refractivity contribution in [2.75, 3.05) is 13.2 Å². The number of fused-ring (bicyclic) bond motifs is 2. The molecule has 0 bridgehead atoms. The first-order valence-electron chi connectivity index (χ1n) is 10.9. The van der Waals surface area contributed by atoms with Gasteiger partial charge in [-0.1, -0.05) is 35.8 Å². The number of ether oxygens (including phenoxy) is 2. The largest absolute Gasteiger partial charge is 0.493 e. The van der Waals surface area contributed by atoms with Gasteiger partial charge in [0.15, 0.2) is 0 Å². The van der Waals surface area contributed by atoms with E-state index in [1.54, 1.807) is 0 Å². The van der Waals surface area contributed by atoms with Crippen LogP contribution in [0.25, 0.3) is 32.7 Å². The maximum Gasteiger partial charge on any atom is 0.129 e. The quantitative estimate of drug-likeness (QED) is 0.337. The minimum atomic E-state index is 0.469. The van der Waals surface area contributed by atoms with E-state index in [4.69, 9.17) is 35.2 Å². The SMILES string of the molecule is C#Cc1ccc2c(-c3c(OCC)cc(C#C)c4cc(C#C)ccc34)c(OCC)cc(C#C)c2c1. The van der Waals surface area contributed by atoms with Gasteiger partial charge in [-0.3, -0.25) is 0 Å². The van der Waals surface area contributed by atoms with E-state index in [2.05, 4.69) is 23.7 Å². The van der Waals surface area contributed by atoms with E-state index in [0.29, 0.717) is 35.8 Å². The molecule has 2 heteroatoms. The van der Waals surface area contributed by atoms with E-state index < -0.39 is 0 Å². The van der Waals surface area contributed by atoms with Gasteiger partial charge >= 0.3 is 0 Å². The van der Waals surface area contributed by atoms with Gasteiger partial charge in [0.2, 0.25) is 0 Å². The van der Waals surface area contributed by atoms with Gasteiger partial charge in [-0.25, -0.2) is 0 Å². The second-order valence-corrected chi connectivity index (χ2v) is 7.56. The highest BCUT2D eigenvalue weighted by Crippen LogP contribution is 2.47. The Morgan fingerprint density at radius 1 is 0.559 bits per heavy atom. The zero-order valence-electron chi connectivity index (χ0n) is 19.2. The highest BCUT2D eigenvalue weighted by atomic mass is 16.5. The van der Waals surface area contributed by atoms with Gasteiger partial charge < -0.3 is 9.47 Å². The van der Waals surface area contributed by atoms with Gasteiger partial charge in [0, 0.05) is 33.4 Å². The summed E-state index contributed by atoms with van der Waals surface area (Å²) in [6.45, 7) is 4.81. The Balaban J connectivity index is 2.26. The zero-order chi connectivity index (χ0) is 24.2. The Labute approximate surface area is 200 Å². The van der Waals surface area contributed by atoms with Crippen molar-refractivity contribution in [1.29, 1.82) is 0 Å². The Bertz CT molecular complexity index is 1490. The molecule has 0 saturated carbocycles. The number of hydrogen-bond donors (Lipinski definition) is 0. The molecule has 0 spiro atoms. The van der Waals surface area contributed by atoms with Crippen LogP contribution in [-0.2, 0) is 0 Å². The molecule has 4 aromatic carbocycles. The third-order valence-corrected chi connectivity index (χ3v) is 5.70. The van der Waals surface area contributed by atoms with Gasteiger partial charge in [0.05, 0.1) is 13.2 Å². The molecule has 0 unspecified atom stereocenters. The average Bonchev–Trinajstić information content (AvgIpc) is 2.87. The van der Waals surface area contributed by atoms with Gasteiger partial charge in [-0.15, -0.1) is 25.7 Å². The fraction of sp³-hybridized carbons (Fsp3) is 0.125. The first-order valence-corrected chi connectivity index (χ1v) is 10.9. The maximum absolute atomic E-state index is 6.12. The third kappa shape index (κ3) is 3.70. The van der Waals surface area contributed by atoms with Crippen molar-refractivity contribution >= 4 is 21.5 Å². The van der Waals surface area contributed by atoms with Crippen molar-refractivity contribution < 1.29 is 9.47 Å². The van der Waals surface area contributed by atoms with Crippen LogP contribution in [0.5, 0.6) is 11.5 Å². The Morgan fingerprint density at radius 3 is 1.29 bits per heavy atom.